The Morgan fingerprint density at radius 3 is 2.80 bits per heavy atom. The van der Waals surface area contributed by atoms with Crippen LogP contribution in [0.5, 0.6) is 0 Å². The van der Waals surface area contributed by atoms with Crippen LogP contribution >= 0.6 is 0 Å². The molecule has 2 heterocycles. The molecule has 1 saturated heterocycles. The lowest BCUT2D eigenvalue weighted by Gasteiger charge is -2.26. The fourth-order valence-electron chi connectivity index (χ4n) is 2.14. The maximum atomic E-state index is 11.7. The van der Waals surface area contributed by atoms with Crippen LogP contribution < -0.4 is 11.2 Å². The number of aromatic nitrogens is 2. The zero-order chi connectivity index (χ0) is 14.9. The van der Waals surface area contributed by atoms with E-state index < -0.39 is 41.9 Å². The summed E-state index contributed by atoms with van der Waals surface area (Å²) in [6, 6.07) is 1.07. The highest BCUT2D eigenvalue weighted by Gasteiger charge is 2.55. The third-order valence-corrected chi connectivity index (χ3v) is 3.09. The highest BCUT2D eigenvalue weighted by atomic mass is 16.6. The Bertz CT molecular complexity index is 669. The molecule has 0 saturated carbocycles. The van der Waals surface area contributed by atoms with Gasteiger partial charge in [-0.05, 0) is 6.92 Å². The van der Waals surface area contributed by atoms with Gasteiger partial charge in [-0.25, -0.2) is 4.79 Å². The molecule has 0 bridgehead atoms. The first-order valence-corrected chi connectivity index (χ1v) is 5.86. The van der Waals surface area contributed by atoms with Gasteiger partial charge in [-0.15, -0.1) is 5.92 Å². The molecule has 1 aromatic heterocycles. The summed E-state index contributed by atoms with van der Waals surface area (Å²) in [6.07, 6.45) is -2.81. The Balaban J connectivity index is 2.55. The van der Waals surface area contributed by atoms with Gasteiger partial charge in [0.15, 0.2) is 11.8 Å². The van der Waals surface area contributed by atoms with Crippen molar-refractivity contribution in [1.29, 1.82) is 0 Å². The predicted octanol–water partition coefficient (Wildman–Crippen LogP) is -2.46. The fourth-order valence-corrected chi connectivity index (χ4v) is 2.14. The van der Waals surface area contributed by atoms with Gasteiger partial charge in [0.2, 0.25) is 0 Å². The fraction of sp³-hybridized carbons (Fsp3) is 0.500. The third-order valence-electron chi connectivity index (χ3n) is 3.09. The van der Waals surface area contributed by atoms with Crippen molar-refractivity contribution in [3.8, 4) is 11.8 Å². The molecular formula is C12H14N2O6. The van der Waals surface area contributed by atoms with Crippen molar-refractivity contribution in [2.24, 2.45) is 0 Å². The lowest BCUT2D eigenvalue weighted by Crippen LogP contribution is -2.48. The molecule has 1 aliphatic rings. The van der Waals surface area contributed by atoms with Gasteiger partial charge in [0.25, 0.3) is 5.56 Å². The number of hydrogen-bond acceptors (Lipinski definition) is 6. The summed E-state index contributed by atoms with van der Waals surface area (Å²) in [6.45, 7) is 0.896. The highest BCUT2D eigenvalue weighted by Crippen LogP contribution is 2.37. The van der Waals surface area contributed by atoms with Crippen LogP contribution in [0.1, 0.15) is 13.2 Å². The smallest absolute Gasteiger partial charge is 0.330 e. The molecule has 4 N–H and O–H groups in total. The molecular weight excluding hydrogens is 268 g/mol. The van der Waals surface area contributed by atoms with Gasteiger partial charge in [0.1, 0.15) is 12.2 Å². The zero-order valence-corrected chi connectivity index (χ0v) is 10.6. The lowest BCUT2D eigenvalue weighted by atomic mass is 9.94. The summed E-state index contributed by atoms with van der Waals surface area (Å²) in [5, 5.41) is 29.6. The number of nitrogens with zero attached hydrogens (tertiary/aromatic N) is 1. The number of aliphatic hydroxyl groups is 3. The van der Waals surface area contributed by atoms with E-state index in [1.165, 1.54) is 6.92 Å². The maximum Gasteiger partial charge on any atom is 0.330 e. The number of aliphatic hydroxyl groups excluding tert-OH is 2. The second kappa shape index (κ2) is 5.22. The van der Waals surface area contributed by atoms with Crippen LogP contribution in [0.15, 0.2) is 21.9 Å². The van der Waals surface area contributed by atoms with Gasteiger partial charge in [-0.2, -0.15) is 0 Å². The van der Waals surface area contributed by atoms with Gasteiger partial charge in [0, 0.05) is 12.3 Å². The third kappa shape index (κ3) is 2.17. The van der Waals surface area contributed by atoms with E-state index in [1.807, 2.05) is 4.98 Å². The summed E-state index contributed by atoms with van der Waals surface area (Å²) < 4.78 is 6.19. The first-order valence-electron chi connectivity index (χ1n) is 5.86. The summed E-state index contributed by atoms with van der Waals surface area (Å²) in [5.41, 5.74) is -3.48. The van der Waals surface area contributed by atoms with Crippen molar-refractivity contribution < 1.29 is 20.1 Å². The van der Waals surface area contributed by atoms with Crippen molar-refractivity contribution >= 4 is 0 Å². The molecule has 20 heavy (non-hydrogen) atoms. The molecule has 8 nitrogen and oxygen atoms in total. The average Bonchev–Trinajstić information content (AvgIpc) is 2.63. The van der Waals surface area contributed by atoms with Crippen LogP contribution in [0.4, 0.5) is 0 Å². The normalized spacial score (nSPS) is 32.7. The molecule has 0 unspecified atom stereocenters. The van der Waals surface area contributed by atoms with Gasteiger partial charge in [-0.1, -0.05) is 5.92 Å². The molecule has 2 rings (SSSR count). The van der Waals surface area contributed by atoms with Crippen LogP contribution in [0.25, 0.3) is 0 Å². The van der Waals surface area contributed by atoms with Crippen LogP contribution in [0.2, 0.25) is 0 Å². The minimum atomic E-state index is -2.07. The minimum Gasteiger partial charge on any atom is -0.394 e. The molecule has 0 spiro atoms. The minimum absolute atomic E-state index is 0.552. The van der Waals surface area contributed by atoms with E-state index in [0.717, 1.165) is 16.8 Å². The molecule has 4 atom stereocenters. The summed E-state index contributed by atoms with van der Waals surface area (Å²) in [5.74, 6) is 4.84. The maximum absolute atomic E-state index is 11.7. The first-order chi connectivity index (χ1) is 9.43. The van der Waals surface area contributed by atoms with E-state index in [4.69, 9.17) is 9.84 Å². The van der Waals surface area contributed by atoms with Crippen molar-refractivity contribution in [2.45, 2.75) is 31.0 Å². The van der Waals surface area contributed by atoms with Crippen LogP contribution in [0, 0.1) is 11.8 Å². The second-order valence-electron chi connectivity index (χ2n) is 4.37. The SMILES string of the molecule is CC#C[C@@]1(O)[C@H](O)[C@@H](CO)O[C@H]1n1ccc(=O)[nH]c1=O. The van der Waals surface area contributed by atoms with E-state index in [2.05, 4.69) is 11.8 Å². The number of nitrogens with one attached hydrogen (secondary N) is 1. The Labute approximate surface area is 113 Å². The Morgan fingerprint density at radius 1 is 1.55 bits per heavy atom. The van der Waals surface area contributed by atoms with E-state index in [9.17, 15) is 19.8 Å². The first kappa shape index (κ1) is 14.5. The van der Waals surface area contributed by atoms with Crippen molar-refractivity contribution in [3.05, 3.63) is 33.1 Å². The van der Waals surface area contributed by atoms with Crippen molar-refractivity contribution in [1.82, 2.24) is 9.55 Å². The van der Waals surface area contributed by atoms with Crippen molar-refractivity contribution in [3.63, 3.8) is 0 Å². The number of rotatable bonds is 2. The van der Waals surface area contributed by atoms with Crippen LogP contribution in [0.3, 0.4) is 0 Å². The van der Waals surface area contributed by atoms with Crippen LogP contribution in [-0.4, -0.2) is 49.3 Å². The Morgan fingerprint density at radius 2 is 2.25 bits per heavy atom. The molecule has 0 amide bonds. The Hall–Kier alpha value is -1.92. The average molecular weight is 282 g/mol. The largest absolute Gasteiger partial charge is 0.394 e. The standard InChI is InChI=1S/C12H14N2O6/c1-2-4-12(19)9(17)7(6-15)20-10(12)14-5-3-8(16)13-11(14)18/h3,5,7,9-10,15,17,19H,6H2,1H3,(H,13,16,18)/t7-,9-,10-,12-/m1/s1. The predicted molar refractivity (Wildman–Crippen MR) is 66.7 cm³/mol. The summed E-state index contributed by atoms with van der Waals surface area (Å²) in [4.78, 5) is 24.8. The second-order valence-corrected chi connectivity index (χ2v) is 4.37. The summed E-state index contributed by atoms with van der Waals surface area (Å²) in [7, 11) is 0. The van der Waals surface area contributed by atoms with E-state index in [-0.39, 0.29) is 0 Å². The number of ether oxygens (including phenoxy) is 1. The van der Waals surface area contributed by atoms with Gasteiger partial charge >= 0.3 is 5.69 Å². The topological polar surface area (TPSA) is 125 Å². The number of H-pyrrole nitrogens is 1. The number of hydrogen-bond donors (Lipinski definition) is 4. The molecule has 1 fully saturated rings. The highest BCUT2D eigenvalue weighted by molar-refractivity contribution is 5.22. The van der Waals surface area contributed by atoms with Crippen LogP contribution in [-0.2, 0) is 4.74 Å². The quantitative estimate of drug-likeness (QED) is 0.446. The monoisotopic (exact) mass is 282 g/mol. The number of aromatic amines is 1. The van der Waals surface area contributed by atoms with E-state index in [1.54, 1.807) is 0 Å². The molecule has 1 aliphatic heterocycles. The van der Waals surface area contributed by atoms with Gasteiger partial charge in [-0.3, -0.25) is 14.3 Å². The molecule has 1 aromatic rings. The molecule has 0 radical (unpaired) electrons. The molecule has 108 valence electrons. The molecule has 8 heteroatoms. The Kier molecular flexibility index (Phi) is 3.78. The molecule has 0 aliphatic carbocycles. The summed E-state index contributed by atoms with van der Waals surface area (Å²) >= 11 is 0. The lowest BCUT2D eigenvalue weighted by molar-refractivity contribution is -0.0765. The van der Waals surface area contributed by atoms with E-state index in [0.29, 0.717) is 0 Å². The van der Waals surface area contributed by atoms with Gasteiger partial charge in [0.05, 0.1) is 6.61 Å². The zero-order valence-electron chi connectivity index (χ0n) is 10.6. The van der Waals surface area contributed by atoms with Crippen molar-refractivity contribution in [2.75, 3.05) is 6.61 Å². The van der Waals surface area contributed by atoms with E-state index >= 15 is 0 Å². The van der Waals surface area contributed by atoms with Gasteiger partial charge < -0.3 is 20.1 Å². The molecule has 0 aromatic carbocycles.